The predicted molar refractivity (Wildman–Crippen MR) is 116 cm³/mol. The van der Waals surface area contributed by atoms with Gasteiger partial charge >= 0.3 is 0 Å². The Morgan fingerprint density at radius 1 is 1.07 bits per heavy atom. The Bertz CT molecular complexity index is 941. The molecule has 0 unspecified atom stereocenters. The molecule has 6 nitrogen and oxygen atoms in total. The van der Waals surface area contributed by atoms with Crippen molar-refractivity contribution >= 4 is 28.6 Å². The maximum atomic E-state index is 12.9. The summed E-state index contributed by atoms with van der Waals surface area (Å²) in [6.07, 6.45) is 0. The molecule has 8 heteroatoms. The first-order chi connectivity index (χ1) is 14.2. The highest BCUT2D eigenvalue weighted by Crippen LogP contribution is 2.27. The van der Waals surface area contributed by atoms with E-state index < -0.39 is 0 Å². The average Bonchev–Trinajstić information content (AvgIpc) is 3.45. The van der Waals surface area contributed by atoms with E-state index in [0.717, 1.165) is 30.3 Å². The Morgan fingerprint density at radius 2 is 1.79 bits per heavy atom. The molecule has 0 N–H and O–H groups in total. The highest BCUT2D eigenvalue weighted by molar-refractivity contribution is 7.14. The largest absolute Gasteiger partial charge is 0.497 e. The van der Waals surface area contributed by atoms with Gasteiger partial charge in [-0.2, -0.15) is 0 Å². The van der Waals surface area contributed by atoms with Gasteiger partial charge < -0.3 is 14.4 Å². The average molecular weight is 430 g/mol. The normalized spacial score (nSPS) is 14.8. The third-order valence-electron chi connectivity index (χ3n) is 4.94. The Hall–Kier alpha value is -2.42. The molecule has 1 aliphatic heterocycles. The molecule has 0 spiro atoms. The van der Waals surface area contributed by atoms with E-state index in [9.17, 15) is 4.79 Å². The monoisotopic (exact) mass is 429 g/mol. The molecule has 4 rings (SSSR count). The first-order valence-corrected chi connectivity index (χ1v) is 11.1. The van der Waals surface area contributed by atoms with E-state index in [1.54, 1.807) is 55.1 Å². The zero-order valence-corrected chi connectivity index (χ0v) is 18.1. The fourth-order valence-electron chi connectivity index (χ4n) is 3.33. The van der Waals surface area contributed by atoms with E-state index in [-0.39, 0.29) is 5.91 Å². The Balaban J connectivity index is 1.35. The molecule has 0 bridgehead atoms. The second kappa shape index (κ2) is 8.94. The number of piperazine rings is 1. The second-order valence-corrected chi connectivity index (χ2v) is 8.66. The summed E-state index contributed by atoms with van der Waals surface area (Å²) in [5, 5.41) is 5.31. The van der Waals surface area contributed by atoms with Gasteiger partial charge in [-0.25, -0.2) is 4.98 Å². The minimum atomic E-state index is 0.0103. The summed E-state index contributed by atoms with van der Waals surface area (Å²) < 4.78 is 10.6. The van der Waals surface area contributed by atoms with Crippen LogP contribution in [0.25, 0.3) is 10.6 Å². The summed E-state index contributed by atoms with van der Waals surface area (Å²) >= 11 is 3.41. The summed E-state index contributed by atoms with van der Waals surface area (Å²) in [5.41, 5.74) is 1.65. The quantitative estimate of drug-likeness (QED) is 0.596. The van der Waals surface area contributed by atoms with Crippen LogP contribution in [-0.2, 0) is 6.54 Å². The van der Waals surface area contributed by atoms with Crippen LogP contribution in [0, 0.1) is 0 Å². The lowest BCUT2D eigenvalue weighted by Gasteiger charge is -2.34. The van der Waals surface area contributed by atoms with Crippen molar-refractivity contribution in [2.24, 2.45) is 0 Å². The van der Waals surface area contributed by atoms with Crippen molar-refractivity contribution in [1.82, 2.24) is 14.8 Å². The van der Waals surface area contributed by atoms with Crippen molar-refractivity contribution in [2.75, 3.05) is 40.4 Å². The summed E-state index contributed by atoms with van der Waals surface area (Å²) in [5.74, 6) is 1.25. The number of aromatic nitrogens is 1. The van der Waals surface area contributed by atoms with Gasteiger partial charge in [0, 0.05) is 43.2 Å². The minimum absolute atomic E-state index is 0.0103. The van der Waals surface area contributed by atoms with Crippen molar-refractivity contribution in [3.05, 3.63) is 51.7 Å². The molecule has 1 fully saturated rings. The lowest BCUT2D eigenvalue weighted by atomic mass is 10.1. The maximum Gasteiger partial charge on any atom is 0.254 e. The first kappa shape index (κ1) is 19.9. The predicted octanol–water partition coefficient (Wildman–Crippen LogP) is 3.85. The molecule has 0 atom stereocenters. The minimum Gasteiger partial charge on any atom is -0.497 e. The Morgan fingerprint density at radius 3 is 2.41 bits per heavy atom. The van der Waals surface area contributed by atoms with Crippen molar-refractivity contribution in [1.29, 1.82) is 0 Å². The number of thiophene rings is 1. The van der Waals surface area contributed by atoms with E-state index in [1.807, 2.05) is 11.0 Å². The van der Waals surface area contributed by atoms with Gasteiger partial charge in [-0.05, 0) is 23.6 Å². The van der Waals surface area contributed by atoms with Gasteiger partial charge in [0.2, 0.25) is 0 Å². The second-order valence-electron chi connectivity index (χ2n) is 6.77. The summed E-state index contributed by atoms with van der Waals surface area (Å²) in [4.78, 5) is 23.1. The molecule has 29 heavy (non-hydrogen) atoms. The van der Waals surface area contributed by atoms with Crippen LogP contribution >= 0.6 is 22.7 Å². The van der Waals surface area contributed by atoms with Crippen LogP contribution in [0.5, 0.6) is 11.5 Å². The Labute approximate surface area is 178 Å². The van der Waals surface area contributed by atoms with Gasteiger partial charge in [0.1, 0.15) is 16.5 Å². The highest BCUT2D eigenvalue weighted by atomic mass is 32.1. The number of hydrogen-bond acceptors (Lipinski definition) is 7. The number of benzene rings is 1. The molecule has 0 aliphatic carbocycles. The highest BCUT2D eigenvalue weighted by Gasteiger charge is 2.23. The lowest BCUT2D eigenvalue weighted by Crippen LogP contribution is -2.48. The molecule has 1 aliphatic rings. The summed E-state index contributed by atoms with van der Waals surface area (Å²) in [7, 11) is 3.18. The van der Waals surface area contributed by atoms with Gasteiger partial charge in [-0.15, -0.1) is 22.7 Å². The number of thiazole rings is 1. The van der Waals surface area contributed by atoms with Crippen LogP contribution < -0.4 is 9.47 Å². The molecule has 1 saturated heterocycles. The van der Waals surface area contributed by atoms with Gasteiger partial charge in [-0.1, -0.05) is 6.07 Å². The van der Waals surface area contributed by atoms with Crippen LogP contribution in [0.15, 0.2) is 41.1 Å². The molecule has 0 saturated carbocycles. The molecule has 2 aromatic heterocycles. The zero-order valence-electron chi connectivity index (χ0n) is 16.5. The molecule has 152 valence electrons. The fourth-order valence-corrected chi connectivity index (χ4v) is 4.93. The third kappa shape index (κ3) is 4.60. The number of rotatable bonds is 6. The van der Waals surface area contributed by atoms with Crippen molar-refractivity contribution in [3.63, 3.8) is 0 Å². The van der Waals surface area contributed by atoms with Gasteiger partial charge in [0.05, 0.1) is 31.3 Å². The van der Waals surface area contributed by atoms with Gasteiger partial charge in [0.15, 0.2) is 0 Å². The molecule has 1 amide bonds. The van der Waals surface area contributed by atoms with E-state index in [0.29, 0.717) is 30.2 Å². The topological polar surface area (TPSA) is 54.9 Å². The lowest BCUT2D eigenvalue weighted by molar-refractivity contribution is 0.0627. The summed E-state index contributed by atoms with van der Waals surface area (Å²) in [6, 6.07) is 9.44. The third-order valence-corrected chi connectivity index (χ3v) is 6.67. The number of amides is 1. The SMILES string of the molecule is COc1cc(OC)cc(C(=O)N2CCN(Cc3nc(-c4cccs4)cs3)CC2)c1. The number of ether oxygens (including phenoxy) is 2. The number of nitrogens with zero attached hydrogens (tertiary/aromatic N) is 3. The van der Waals surface area contributed by atoms with Crippen LogP contribution in [-0.4, -0.2) is 61.1 Å². The molecule has 0 radical (unpaired) electrons. The van der Waals surface area contributed by atoms with Gasteiger partial charge in [-0.3, -0.25) is 9.69 Å². The number of methoxy groups -OCH3 is 2. The van der Waals surface area contributed by atoms with Gasteiger partial charge in [0.25, 0.3) is 5.91 Å². The van der Waals surface area contributed by atoms with E-state index >= 15 is 0 Å². The van der Waals surface area contributed by atoms with Crippen molar-refractivity contribution in [2.45, 2.75) is 6.54 Å². The van der Waals surface area contributed by atoms with Crippen LogP contribution in [0.3, 0.4) is 0 Å². The molecule has 3 heterocycles. The maximum absolute atomic E-state index is 12.9. The van der Waals surface area contributed by atoms with E-state index in [1.165, 1.54) is 4.88 Å². The molecule has 3 aromatic rings. The number of carbonyl (C=O) groups is 1. The van der Waals surface area contributed by atoms with Crippen LogP contribution in [0.2, 0.25) is 0 Å². The van der Waals surface area contributed by atoms with Crippen LogP contribution in [0.4, 0.5) is 0 Å². The van der Waals surface area contributed by atoms with E-state index in [4.69, 9.17) is 14.5 Å². The Kier molecular flexibility index (Phi) is 6.13. The summed E-state index contributed by atoms with van der Waals surface area (Å²) in [6.45, 7) is 3.88. The van der Waals surface area contributed by atoms with Crippen molar-refractivity contribution in [3.8, 4) is 22.1 Å². The van der Waals surface area contributed by atoms with Crippen LogP contribution in [0.1, 0.15) is 15.4 Å². The standard InChI is InChI=1S/C21H23N3O3S2/c1-26-16-10-15(11-17(12-16)27-2)21(25)24-7-5-23(6-8-24)13-20-22-18(14-29-20)19-4-3-9-28-19/h3-4,9-12,14H,5-8,13H2,1-2H3. The molecular weight excluding hydrogens is 406 g/mol. The number of hydrogen-bond donors (Lipinski definition) is 0. The number of carbonyl (C=O) groups excluding carboxylic acids is 1. The zero-order chi connectivity index (χ0) is 20.2. The smallest absolute Gasteiger partial charge is 0.254 e. The molecular formula is C21H23N3O3S2. The van der Waals surface area contributed by atoms with E-state index in [2.05, 4.69) is 21.7 Å². The molecule has 1 aromatic carbocycles. The fraction of sp³-hybridized carbons (Fsp3) is 0.333. The van der Waals surface area contributed by atoms with Crippen molar-refractivity contribution < 1.29 is 14.3 Å². The first-order valence-electron chi connectivity index (χ1n) is 9.39.